The van der Waals surface area contributed by atoms with Gasteiger partial charge in [-0.25, -0.2) is 0 Å². The van der Waals surface area contributed by atoms with E-state index in [2.05, 4.69) is 53.5 Å². The van der Waals surface area contributed by atoms with Gasteiger partial charge in [0.05, 0.1) is 7.11 Å². The number of benzene rings is 2. The molecule has 1 aliphatic carbocycles. The van der Waals surface area contributed by atoms with Crippen LogP contribution in [-0.2, 0) is 5.41 Å². The lowest BCUT2D eigenvalue weighted by molar-refractivity contribution is 0.409. The van der Waals surface area contributed by atoms with E-state index in [9.17, 15) is 0 Å². The first-order valence-corrected chi connectivity index (χ1v) is 7.98. The Morgan fingerprint density at radius 2 is 1.68 bits per heavy atom. The SMILES string of the molecule is COc1ccc(N2CCC3(C=Cc4ccccc43)CC2)cc1. The Labute approximate surface area is 132 Å². The average molecular weight is 291 g/mol. The predicted octanol–water partition coefficient (Wildman–Crippen LogP) is 4.26. The van der Waals surface area contributed by atoms with Gasteiger partial charge >= 0.3 is 0 Å². The van der Waals surface area contributed by atoms with Crippen LogP contribution >= 0.6 is 0 Å². The third kappa shape index (κ3) is 2.10. The van der Waals surface area contributed by atoms with Gasteiger partial charge < -0.3 is 9.64 Å². The van der Waals surface area contributed by atoms with Gasteiger partial charge in [0.15, 0.2) is 0 Å². The van der Waals surface area contributed by atoms with Crippen molar-refractivity contribution in [2.45, 2.75) is 18.3 Å². The highest BCUT2D eigenvalue weighted by Gasteiger charge is 2.37. The van der Waals surface area contributed by atoms with Crippen LogP contribution in [0.15, 0.2) is 54.6 Å². The number of anilines is 1. The first-order valence-electron chi connectivity index (χ1n) is 7.98. The van der Waals surface area contributed by atoms with Crippen molar-refractivity contribution in [2.75, 3.05) is 25.1 Å². The van der Waals surface area contributed by atoms with Crippen LogP contribution in [0, 0.1) is 0 Å². The minimum atomic E-state index is 0.263. The number of fused-ring (bicyclic) bond motifs is 2. The van der Waals surface area contributed by atoms with Crippen LogP contribution in [-0.4, -0.2) is 20.2 Å². The van der Waals surface area contributed by atoms with E-state index < -0.39 is 0 Å². The van der Waals surface area contributed by atoms with Crippen molar-refractivity contribution in [1.29, 1.82) is 0 Å². The van der Waals surface area contributed by atoms with E-state index in [0.29, 0.717) is 0 Å². The van der Waals surface area contributed by atoms with Gasteiger partial charge in [-0.15, -0.1) is 0 Å². The lowest BCUT2D eigenvalue weighted by Crippen LogP contribution is -2.41. The monoisotopic (exact) mass is 291 g/mol. The van der Waals surface area contributed by atoms with Crippen LogP contribution in [0.3, 0.4) is 0 Å². The molecule has 2 aliphatic rings. The van der Waals surface area contributed by atoms with Gasteiger partial charge in [-0.2, -0.15) is 0 Å². The maximum Gasteiger partial charge on any atom is 0.119 e. The van der Waals surface area contributed by atoms with Crippen LogP contribution in [0.25, 0.3) is 6.08 Å². The van der Waals surface area contributed by atoms with Gasteiger partial charge in [-0.1, -0.05) is 36.4 Å². The van der Waals surface area contributed by atoms with E-state index in [0.717, 1.165) is 18.8 Å². The van der Waals surface area contributed by atoms with Crippen molar-refractivity contribution >= 4 is 11.8 Å². The summed E-state index contributed by atoms with van der Waals surface area (Å²) in [5.41, 5.74) is 4.48. The normalized spacial score (nSPS) is 18.5. The molecule has 4 rings (SSSR count). The Hall–Kier alpha value is -2.22. The molecule has 0 saturated carbocycles. The van der Waals surface area contributed by atoms with Crippen LogP contribution in [0.1, 0.15) is 24.0 Å². The van der Waals surface area contributed by atoms with Crippen molar-refractivity contribution in [3.8, 4) is 5.75 Å². The zero-order chi connectivity index (χ0) is 15.0. The Morgan fingerprint density at radius 3 is 2.41 bits per heavy atom. The number of hydrogen-bond acceptors (Lipinski definition) is 2. The number of ether oxygens (including phenoxy) is 1. The van der Waals surface area contributed by atoms with Crippen molar-refractivity contribution < 1.29 is 4.74 Å². The van der Waals surface area contributed by atoms with E-state index in [1.54, 1.807) is 7.11 Å². The van der Waals surface area contributed by atoms with Gasteiger partial charge in [0.1, 0.15) is 5.75 Å². The first kappa shape index (κ1) is 13.4. The summed E-state index contributed by atoms with van der Waals surface area (Å²) >= 11 is 0. The summed E-state index contributed by atoms with van der Waals surface area (Å²) in [4.78, 5) is 2.49. The summed E-state index contributed by atoms with van der Waals surface area (Å²) in [6.45, 7) is 2.20. The van der Waals surface area contributed by atoms with E-state index >= 15 is 0 Å². The lowest BCUT2D eigenvalue weighted by Gasteiger charge is -2.40. The molecule has 112 valence electrons. The van der Waals surface area contributed by atoms with Gasteiger partial charge in [0.25, 0.3) is 0 Å². The van der Waals surface area contributed by atoms with Gasteiger partial charge in [-0.3, -0.25) is 0 Å². The third-order valence-corrected chi connectivity index (χ3v) is 5.17. The topological polar surface area (TPSA) is 12.5 Å². The highest BCUT2D eigenvalue weighted by atomic mass is 16.5. The van der Waals surface area contributed by atoms with E-state index in [4.69, 9.17) is 4.74 Å². The average Bonchev–Trinajstić information content (AvgIpc) is 2.95. The molecule has 0 amide bonds. The molecule has 1 aliphatic heterocycles. The number of hydrogen-bond donors (Lipinski definition) is 0. The molecule has 2 aromatic rings. The molecule has 0 bridgehead atoms. The molecule has 1 saturated heterocycles. The summed E-state index contributed by atoms with van der Waals surface area (Å²) in [6, 6.07) is 17.3. The summed E-state index contributed by atoms with van der Waals surface area (Å²) in [5, 5.41) is 0. The number of piperidine rings is 1. The van der Waals surface area contributed by atoms with Crippen LogP contribution in [0.4, 0.5) is 5.69 Å². The summed E-state index contributed by atoms with van der Waals surface area (Å²) < 4.78 is 5.24. The van der Waals surface area contributed by atoms with Crippen molar-refractivity contribution in [3.05, 3.63) is 65.7 Å². The molecule has 1 fully saturated rings. The molecule has 0 radical (unpaired) electrons. The summed E-state index contributed by atoms with van der Waals surface area (Å²) in [6.07, 6.45) is 7.11. The molecule has 2 nitrogen and oxygen atoms in total. The fourth-order valence-corrected chi connectivity index (χ4v) is 3.83. The number of rotatable bonds is 2. The zero-order valence-electron chi connectivity index (χ0n) is 13.0. The predicted molar refractivity (Wildman–Crippen MR) is 91.6 cm³/mol. The van der Waals surface area contributed by atoms with E-state index in [1.165, 1.54) is 29.7 Å². The molecule has 22 heavy (non-hydrogen) atoms. The third-order valence-electron chi connectivity index (χ3n) is 5.17. The molecule has 1 spiro atoms. The standard InChI is InChI=1S/C20H21NO/c1-22-18-8-6-17(7-9-18)21-14-12-20(13-15-21)11-10-16-4-2-3-5-19(16)20/h2-11H,12-15H2,1H3. The highest BCUT2D eigenvalue weighted by Crippen LogP contribution is 2.44. The second-order valence-corrected chi connectivity index (χ2v) is 6.26. The molecule has 0 aromatic heterocycles. The Morgan fingerprint density at radius 1 is 0.955 bits per heavy atom. The van der Waals surface area contributed by atoms with Crippen LogP contribution < -0.4 is 9.64 Å². The summed E-state index contributed by atoms with van der Waals surface area (Å²) in [7, 11) is 1.71. The minimum Gasteiger partial charge on any atom is -0.497 e. The van der Waals surface area contributed by atoms with Gasteiger partial charge in [0, 0.05) is 24.2 Å². The maximum absolute atomic E-state index is 5.24. The summed E-state index contributed by atoms with van der Waals surface area (Å²) in [5.74, 6) is 0.921. The molecule has 0 N–H and O–H groups in total. The van der Waals surface area contributed by atoms with Crippen molar-refractivity contribution in [3.63, 3.8) is 0 Å². The Bertz CT molecular complexity index is 694. The highest BCUT2D eigenvalue weighted by molar-refractivity contribution is 5.65. The molecular weight excluding hydrogens is 270 g/mol. The Kier molecular flexibility index (Phi) is 3.18. The molecular formula is C20H21NO. The number of methoxy groups -OCH3 is 1. The molecule has 1 heterocycles. The second-order valence-electron chi connectivity index (χ2n) is 6.26. The lowest BCUT2D eigenvalue weighted by atomic mass is 9.74. The second kappa shape index (κ2) is 5.20. The number of allylic oxidation sites excluding steroid dienone is 1. The van der Waals surface area contributed by atoms with E-state index in [1.807, 2.05) is 12.1 Å². The molecule has 2 aromatic carbocycles. The zero-order valence-corrected chi connectivity index (χ0v) is 13.0. The quantitative estimate of drug-likeness (QED) is 0.819. The Balaban J connectivity index is 1.52. The minimum absolute atomic E-state index is 0.263. The van der Waals surface area contributed by atoms with E-state index in [-0.39, 0.29) is 5.41 Å². The van der Waals surface area contributed by atoms with Crippen LogP contribution in [0.2, 0.25) is 0 Å². The fraction of sp³-hybridized carbons (Fsp3) is 0.300. The van der Waals surface area contributed by atoms with Crippen LogP contribution in [0.5, 0.6) is 5.75 Å². The smallest absolute Gasteiger partial charge is 0.119 e. The number of nitrogens with zero attached hydrogens (tertiary/aromatic N) is 1. The molecule has 2 heteroatoms. The fourth-order valence-electron chi connectivity index (χ4n) is 3.83. The first-order chi connectivity index (χ1) is 10.8. The van der Waals surface area contributed by atoms with Crippen molar-refractivity contribution in [2.24, 2.45) is 0 Å². The molecule has 0 atom stereocenters. The largest absolute Gasteiger partial charge is 0.497 e. The van der Waals surface area contributed by atoms with Crippen molar-refractivity contribution in [1.82, 2.24) is 0 Å². The van der Waals surface area contributed by atoms with Gasteiger partial charge in [0.2, 0.25) is 0 Å². The maximum atomic E-state index is 5.24. The molecule has 0 unspecified atom stereocenters. The van der Waals surface area contributed by atoms with Gasteiger partial charge in [-0.05, 0) is 48.2 Å².